The van der Waals surface area contributed by atoms with E-state index in [0.717, 1.165) is 0 Å². The number of likely N-dealkylation sites (N-methyl/N-ethyl adjacent to an activating group) is 1. The predicted octanol–water partition coefficient (Wildman–Crippen LogP) is -1.06. The lowest BCUT2D eigenvalue weighted by Gasteiger charge is -2.24. The van der Waals surface area contributed by atoms with E-state index in [1.807, 2.05) is 67.8 Å². The molecule has 0 saturated heterocycles. The van der Waals surface area contributed by atoms with Gasteiger partial charge in [-0.05, 0) is 67.8 Å². The number of hydrogen-bond acceptors (Lipinski definition) is 8. The number of rotatable bonds is 10. The average Bonchev–Trinajstić information content (AvgIpc) is 2.74. The minimum absolute atomic E-state index is 0.0550. The smallest absolute Gasteiger partial charge is 0.255 e. The Labute approximate surface area is 219 Å². The Hall–Kier alpha value is -0.380. The molecule has 0 aliphatic rings. The first kappa shape index (κ1) is 28.7. The first-order chi connectivity index (χ1) is 14.5. The highest BCUT2D eigenvalue weighted by molar-refractivity contribution is 14.1. The molecular weight excluding hydrogens is 755 g/mol. The van der Waals surface area contributed by atoms with Crippen LogP contribution in [0.15, 0.2) is 0 Å². The fourth-order valence-corrected chi connectivity index (χ4v) is 6.74. The molecule has 2 atom stereocenters. The second kappa shape index (κ2) is 13.4. The lowest BCUT2D eigenvalue weighted by atomic mass is 10.1. The molecule has 0 fully saturated rings. The van der Waals surface area contributed by atoms with Crippen molar-refractivity contribution in [2.45, 2.75) is 12.2 Å². The molecular formula is C17H22I3N3O8. The average molecular weight is 777 g/mol. The summed E-state index contributed by atoms with van der Waals surface area (Å²) in [7, 11) is 1.41. The number of hydrogen-bond donors (Lipinski definition) is 7. The van der Waals surface area contributed by atoms with E-state index < -0.39 is 49.8 Å². The standard InChI is InChI=1S/C17H22I3N3O8/c1-23(3-8(28)5-25)17(31)11-12(18)10(16(30)21-2-7(27)4-24)13(19)15(14(11)20)22-9(29)6-26/h7-8,24-28H,2-6H2,1H3,(H,21,30)(H,22,29). The summed E-state index contributed by atoms with van der Waals surface area (Å²) in [6, 6.07) is 0. The van der Waals surface area contributed by atoms with Crippen LogP contribution in [0, 0.1) is 10.7 Å². The molecule has 0 bridgehead atoms. The van der Waals surface area contributed by atoms with Crippen LogP contribution in [0.5, 0.6) is 0 Å². The first-order valence-electron chi connectivity index (χ1n) is 8.72. The maximum atomic E-state index is 13.1. The second-order valence-corrected chi connectivity index (χ2v) is 9.58. The Morgan fingerprint density at radius 3 is 2.00 bits per heavy atom. The van der Waals surface area contributed by atoms with Crippen molar-refractivity contribution in [2.24, 2.45) is 0 Å². The number of carbonyl (C=O) groups is 3. The van der Waals surface area contributed by atoms with Gasteiger partial charge in [-0.1, -0.05) is 0 Å². The summed E-state index contributed by atoms with van der Waals surface area (Å²) < 4.78 is 0.883. The lowest BCUT2D eigenvalue weighted by Crippen LogP contribution is -2.38. The van der Waals surface area contributed by atoms with Crippen molar-refractivity contribution in [3.05, 3.63) is 21.8 Å². The maximum absolute atomic E-state index is 13.1. The topological polar surface area (TPSA) is 180 Å². The van der Waals surface area contributed by atoms with Crippen LogP contribution >= 0.6 is 67.8 Å². The highest BCUT2D eigenvalue weighted by Gasteiger charge is 2.30. The lowest BCUT2D eigenvalue weighted by molar-refractivity contribution is -0.118. The van der Waals surface area contributed by atoms with Crippen molar-refractivity contribution in [2.75, 3.05) is 45.3 Å². The van der Waals surface area contributed by atoms with Crippen molar-refractivity contribution in [1.29, 1.82) is 0 Å². The molecule has 1 aromatic rings. The third-order valence-corrected chi connectivity index (χ3v) is 7.15. The van der Waals surface area contributed by atoms with Gasteiger partial charge >= 0.3 is 0 Å². The SMILES string of the molecule is CN(CC(O)CO)C(=O)c1c(I)c(NC(=O)CO)c(I)c(C(=O)NCC(O)CO)c1I. The number of aliphatic hydroxyl groups excluding tert-OH is 5. The summed E-state index contributed by atoms with van der Waals surface area (Å²) in [6.45, 7) is -2.32. The van der Waals surface area contributed by atoms with Crippen molar-refractivity contribution >= 4 is 91.2 Å². The van der Waals surface area contributed by atoms with Gasteiger partial charge in [0.25, 0.3) is 11.8 Å². The van der Waals surface area contributed by atoms with E-state index in [9.17, 15) is 24.6 Å². The Morgan fingerprint density at radius 1 is 0.935 bits per heavy atom. The molecule has 174 valence electrons. The van der Waals surface area contributed by atoms with Crippen LogP contribution in [0.25, 0.3) is 0 Å². The second-order valence-electron chi connectivity index (χ2n) is 6.34. The van der Waals surface area contributed by atoms with E-state index in [4.69, 9.17) is 15.3 Å². The van der Waals surface area contributed by atoms with Crippen LogP contribution in [-0.2, 0) is 4.79 Å². The fraction of sp³-hybridized carbons (Fsp3) is 0.471. The molecule has 1 aromatic carbocycles. The Kier molecular flexibility index (Phi) is 12.3. The van der Waals surface area contributed by atoms with Gasteiger partial charge in [-0.2, -0.15) is 0 Å². The van der Waals surface area contributed by atoms with Crippen molar-refractivity contribution < 1.29 is 39.9 Å². The molecule has 2 unspecified atom stereocenters. The van der Waals surface area contributed by atoms with Crippen LogP contribution < -0.4 is 10.6 Å². The zero-order valence-corrected chi connectivity index (χ0v) is 22.7. The quantitative estimate of drug-likeness (QED) is 0.147. The Balaban J connectivity index is 3.57. The molecule has 0 heterocycles. The van der Waals surface area contributed by atoms with Crippen molar-refractivity contribution in [1.82, 2.24) is 10.2 Å². The van der Waals surface area contributed by atoms with E-state index in [1.165, 1.54) is 11.9 Å². The van der Waals surface area contributed by atoms with Crippen LogP contribution in [0.3, 0.4) is 0 Å². The van der Waals surface area contributed by atoms with Gasteiger partial charge in [0.2, 0.25) is 5.91 Å². The Bertz CT molecular complexity index is 840. The largest absolute Gasteiger partial charge is 0.394 e. The zero-order chi connectivity index (χ0) is 23.9. The number of halogens is 3. The Morgan fingerprint density at radius 2 is 1.48 bits per heavy atom. The van der Waals surface area contributed by atoms with Crippen LogP contribution in [0.4, 0.5) is 5.69 Å². The number of anilines is 1. The van der Waals surface area contributed by atoms with E-state index in [2.05, 4.69) is 10.6 Å². The van der Waals surface area contributed by atoms with Crippen LogP contribution in [0.1, 0.15) is 20.7 Å². The summed E-state index contributed by atoms with van der Waals surface area (Å²) in [6.07, 6.45) is -2.34. The summed E-state index contributed by atoms with van der Waals surface area (Å²) >= 11 is 5.49. The number of nitrogens with one attached hydrogen (secondary N) is 2. The molecule has 0 saturated carbocycles. The highest BCUT2D eigenvalue weighted by atomic mass is 127. The molecule has 0 aromatic heterocycles. The summed E-state index contributed by atoms with van der Waals surface area (Å²) in [5, 5.41) is 51.2. The third-order valence-electron chi connectivity index (χ3n) is 3.92. The summed E-state index contributed by atoms with van der Waals surface area (Å²) in [5.74, 6) is -1.97. The van der Waals surface area contributed by atoms with Crippen LogP contribution in [0.2, 0.25) is 0 Å². The van der Waals surface area contributed by atoms with Gasteiger partial charge in [-0.15, -0.1) is 0 Å². The van der Waals surface area contributed by atoms with Crippen molar-refractivity contribution in [3.8, 4) is 0 Å². The van der Waals surface area contributed by atoms with Gasteiger partial charge in [0.15, 0.2) is 0 Å². The number of nitrogens with zero attached hydrogens (tertiary/aromatic N) is 1. The van der Waals surface area contributed by atoms with E-state index in [-0.39, 0.29) is 33.5 Å². The van der Waals surface area contributed by atoms with E-state index in [1.54, 1.807) is 0 Å². The minimum Gasteiger partial charge on any atom is -0.394 e. The number of amides is 3. The molecule has 0 aliphatic carbocycles. The monoisotopic (exact) mass is 777 g/mol. The third kappa shape index (κ3) is 7.57. The molecule has 7 N–H and O–H groups in total. The number of carbonyl (C=O) groups excluding carboxylic acids is 3. The van der Waals surface area contributed by atoms with Gasteiger partial charge < -0.3 is 41.1 Å². The van der Waals surface area contributed by atoms with Gasteiger partial charge in [-0.25, -0.2) is 0 Å². The molecule has 3 amide bonds. The highest BCUT2D eigenvalue weighted by Crippen LogP contribution is 2.36. The number of benzene rings is 1. The first-order valence-corrected chi connectivity index (χ1v) is 12.0. The van der Waals surface area contributed by atoms with Crippen molar-refractivity contribution in [3.63, 3.8) is 0 Å². The molecule has 0 aliphatic heterocycles. The van der Waals surface area contributed by atoms with Crippen LogP contribution in [-0.4, -0.2) is 100 Å². The molecule has 0 radical (unpaired) electrons. The summed E-state index contributed by atoms with van der Waals surface area (Å²) in [5.41, 5.74) is 0.280. The normalized spacial score (nSPS) is 12.8. The van der Waals surface area contributed by atoms with Gasteiger partial charge in [0.05, 0.1) is 49.4 Å². The molecule has 1 rings (SSSR count). The van der Waals surface area contributed by atoms with E-state index in [0.29, 0.717) is 7.14 Å². The summed E-state index contributed by atoms with van der Waals surface area (Å²) in [4.78, 5) is 38.9. The van der Waals surface area contributed by atoms with Gasteiger partial charge in [-0.3, -0.25) is 14.4 Å². The zero-order valence-electron chi connectivity index (χ0n) is 16.2. The molecule has 11 nitrogen and oxygen atoms in total. The van der Waals surface area contributed by atoms with Gasteiger partial charge in [0, 0.05) is 23.7 Å². The predicted molar refractivity (Wildman–Crippen MR) is 136 cm³/mol. The molecule has 0 spiro atoms. The maximum Gasteiger partial charge on any atom is 0.255 e. The minimum atomic E-state index is -1.18. The number of aliphatic hydroxyl groups is 5. The molecule has 14 heteroatoms. The van der Waals surface area contributed by atoms with Gasteiger partial charge in [0.1, 0.15) is 6.61 Å². The molecule has 31 heavy (non-hydrogen) atoms. The van der Waals surface area contributed by atoms with E-state index >= 15 is 0 Å². The fourth-order valence-electron chi connectivity index (χ4n) is 2.35.